The molecule has 0 radical (unpaired) electrons. The summed E-state index contributed by atoms with van der Waals surface area (Å²) < 4.78 is 17.9. The van der Waals surface area contributed by atoms with E-state index in [2.05, 4.69) is 134 Å². The number of nitrogens with zero attached hydrogens (tertiary/aromatic N) is 2. The molecular weight excluding hydrogens is 1080 g/mol. The van der Waals surface area contributed by atoms with Crippen LogP contribution >= 0.6 is 38.6 Å². The summed E-state index contributed by atoms with van der Waals surface area (Å²) in [5.74, 6) is -1.52. The molecule has 4 aliphatic rings. The zero-order valence-electron chi connectivity index (χ0n) is 46.1. The van der Waals surface area contributed by atoms with Gasteiger partial charge in [0.2, 0.25) is 0 Å². The van der Waals surface area contributed by atoms with Gasteiger partial charge in [-0.25, -0.2) is 0 Å². The molecule has 9 aromatic rings. The molecule has 2 unspecified atom stereocenters. The highest BCUT2D eigenvalue weighted by Crippen LogP contribution is 2.49. The number of benzene rings is 5. The number of fused-ring (bicyclic) bond motifs is 12. The zero-order valence-corrected chi connectivity index (χ0v) is 50.8. The van der Waals surface area contributed by atoms with Crippen molar-refractivity contribution in [2.75, 3.05) is 0 Å². The Morgan fingerprint density at radius 1 is 0.532 bits per heavy atom. The van der Waals surface area contributed by atoms with Crippen molar-refractivity contribution < 1.29 is 28.0 Å². The van der Waals surface area contributed by atoms with E-state index in [0.717, 1.165) is 78.3 Å². The van der Waals surface area contributed by atoms with Gasteiger partial charge in [-0.15, -0.1) is 0 Å². The number of rotatable bonds is 8. The molecule has 0 saturated carbocycles. The summed E-state index contributed by atoms with van der Waals surface area (Å²) in [7, 11) is -3.90. The number of allylic oxidation sites excluding steroid dienone is 2. The van der Waals surface area contributed by atoms with Gasteiger partial charge in [0.1, 0.15) is 5.15 Å². The topological polar surface area (TPSA) is 152 Å². The van der Waals surface area contributed by atoms with Gasteiger partial charge in [-0.1, -0.05) is 150 Å². The van der Waals surface area contributed by atoms with Crippen LogP contribution < -0.4 is 10.6 Å². The maximum Gasteiger partial charge on any atom is 0.259 e. The lowest BCUT2D eigenvalue weighted by molar-refractivity contribution is -0.122. The number of carbonyl (C=O) groups is 4. The number of carbonyl (C=O) groups excluding carboxylic acids is 4. The normalized spacial score (nSPS) is 19.5. The standard InChI is InChI=1S/C31H32ClN3O3Si.C31H31N3O3Si.2H2S/c1-31(2,3)39(4,5)38-19-15-14-18(16-19)35-24-13-9-7-11-21(24)25(28(35)32)27-26(29(36)34-30(27)37)22-17-33-23-12-8-6-10-20(22)23;1-31(2,3)38(4,5)37-18-15-14-17(16-18)34-22-13-9-7-11-20(22)24-26-25(29(35)33-30(26)36)23-19-10-6-8-12-21(19)32-27(23)28(24)34;;/h6-15,17-19,33H,16H2,1-5H3,(H,34,36,37);6-15,17-18,32H,16H2,1-5H3,(H,33,35,36);2*1H2/t18?,19-;17?,18-;;/m11../s1. The van der Waals surface area contributed by atoms with Crippen molar-refractivity contribution in [1.29, 1.82) is 0 Å². The highest BCUT2D eigenvalue weighted by Gasteiger charge is 2.43. The lowest BCUT2D eigenvalue weighted by Gasteiger charge is -2.38. The van der Waals surface area contributed by atoms with Gasteiger partial charge >= 0.3 is 0 Å². The van der Waals surface area contributed by atoms with Crippen LogP contribution in [0.4, 0.5) is 0 Å². The third-order valence-corrected chi connectivity index (χ3v) is 26.8. The van der Waals surface area contributed by atoms with Crippen molar-refractivity contribution >= 4 is 155 Å². The van der Waals surface area contributed by atoms with Gasteiger partial charge in [0.05, 0.1) is 63.1 Å². The van der Waals surface area contributed by atoms with E-state index >= 15 is 0 Å². The minimum Gasteiger partial charge on any atom is -0.410 e. The highest BCUT2D eigenvalue weighted by atomic mass is 35.5. The van der Waals surface area contributed by atoms with Crippen molar-refractivity contribution in [3.63, 3.8) is 0 Å². The average Bonchev–Trinajstić information content (AvgIpc) is 4.34. The second kappa shape index (κ2) is 20.0. The SMILES string of the molecule is CC(C)(C)[Si](C)(C)O[C@@H]1C=CC(n2c(Cl)c(C3=C(c4c[nH]c5ccccc45)C(=O)NC3=O)c3ccccc32)C1.CC(C)(C)[Si](C)(C)O[C@@H]1C=CC(n2c3ccccc3c3c4c(c5c6ccccc6[nH]c5c32)C(=O)NC4=O)C1.S.S. The first-order chi connectivity index (χ1) is 36.5. The highest BCUT2D eigenvalue weighted by molar-refractivity contribution is 7.59. The first-order valence-electron chi connectivity index (χ1n) is 26.6. The van der Waals surface area contributed by atoms with Crippen molar-refractivity contribution in [1.82, 2.24) is 29.7 Å². The number of H-pyrrole nitrogens is 2. The molecule has 12 nitrogen and oxygen atoms in total. The summed E-state index contributed by atoms with van der Waals surface area (Å²) >= 11 is 7.19. The van der Waals surface area contributed by atoms with Gasteiger partial charge in [0.25, 0.3) is 23.6 Å². The van der Waals surface area contributed by atoms with E-state index in [1.54, 1.807) is 6.20 Å². The van der Waals surface area contributed by atoms with Crippen LogP contribution in [0.2, 0.25) is 41.4 Å². The summed E-state index contributed by atoms with van der Waals surface area (Å²) in [6, 6.07) is 31.8. The Hall–Kier alpha value is -6.38. The number of amides is 4. The number of hydrogen-bond donors (Lipinski definition) is 4. The Balaban J connectivity index is 0.000000174. The van der Waals surface area contributed by atoms with E-state index in [1.165, 1.54) is 0 Å². The van der Waals surface area contributed by atoms with Crippen LogP contribution in [-0.2, 0) is 18.4 Å². The van der Waals surface area contributed by atoms with Crippen molar-refractivity contribution in [3.05, 3.63) is 155 Å². The van der Waals surface area contributed by atoms with E-state index in [0.29, 0.717) is 38.6 Å². The van der Waals surface area contributed by atoms with E-state index in [-0.39, 0.29) is 73.2 Å². The number of imide groups is 2. The molecule has 0 fully saturated rings. The van der Waals surface area contributed by atoms with Crippen LogP contribution in [0.1, 0.15) is 98.3 Å². The predicted octanol–water partition coefficient (Wildman–Crippen LogP) is 14.7. The number of halogens is 1. The van der Waals surface area contributed by atoms with Gasteiger partial charge in [-0.2, -0.15) is 27.0 Å². The molecule has 17 heteroatoms. The smallest absolute Gasteiger partial charge is 0.259 e. The molecule has 13 rings (SSSR count). The number of aromatic amines is 2. The minimum atomic E-state index is -1.96. The zero-order chi connectivity index (χ0) is 54.2. The summed E-state index contributed by atoms with van der Waals surface area (Å²) in [5.41, 5.74) is 8.51. The molecule has 5 aromatic carbocycles. The lowest BCUT2D eigenvalue weighted by Crippen LogP contribution is -2.43. The second-order valence-corrected chi connectivity index (χ2v) is 34.0. The first-order valence-corrected chi connectivity index (χ1v) is 32.8. The molecular formula is C62H67ClN6O6S2Si2. The quantitative estimate of drug-likeness (QED) is 0.0675. The maximum absolute atomic E-state index is 13.4. The Kier molecular flexibility index (Phi) is 14.2. The van der Waals surface area contributed by atoms with E-state index in [9.17, 15) is 19.2 Å². The van der Waals surface area contributed by atoms with Gasteiger partial charge in [0.15, 0.2) is 16.6 Å². The molecule has 4 N–H and O–H groups in total. The molecule has 2 aliphatic heterocycles. The Morgan fingerprint density at radius 3 is 1.59 bits per heavy atom. The fraction of sp³-hybridized carbons (Fsp3) is 0.290. The molecule has 4 aromatic heterocycles. The second-order valence-electron chi connectivity index (χ2n) is 24.1. The van der Waals surface area contributed by atoms with Crippen LogP contribution in [0, 0.1) is 0 Å². The number of para-hydroxylation sites is 4. The largest absolute Gasteiger partial charge is 0.410 e. The average molecular weight is 1150 g/mol. The number of hydrogen-bond acceptors (Lipinski definition) is 6. The molecule has 4 amide bonds. The summed E-state index contributed by atoms with van der Waals surface area (Å²) in [6.45, 7) is 22.6. The number of aromatic nitrogens is 4. The fourth-order valence-electron chi connectivity index (χ4n) is 11.6. The lowest BCUT2D eigenvalue weighted by atomic mass is 9.95. The van der Waals surface area contributed by atoms with Crippen molar-refractivity contribution in [2.45, 2.75) is 115 Å². The molecule has 0 spiro atoms. The third-order valence-electron chi connectivity index (χ3n) is 17.4. The van der Waals surface area contributed by atoms with Gasteiger partial charge in [-0.3, -0.25) is 29.8 Å². The molecule has 0 bridgehead atoms. The van der Waals surface area contributed by atoms with E-state index < -0.39 is 28.4 Å². The molecule has 408 valence electrons. The molecule has 6 heterocycles. The Morgan fingerprint density at radius 2 is 1.00 bits per heavy atom. The van der Waals surface area contributed by atoms with Crippen LogP contribution in [0.25, 0.3) is 76.6 Å². The summed E-state index contributed by atoms with van der Waals surface area (Å²) in [6.07, 6.45) is 12.1. The Labute approximate surface area is 480 Å². The van der Waals surface area contributed by atoms with Gasteiger partial charge < -0.3 is 28.0 Å². The minimum absolute atomic E-state index is 0. The Bertz CT molecular complexity index is 4130. The summed E-state index contributed by atoms with van der Waals surface area (Å²) in [4.78, 5) is 59.8. The van der Waals surface area contributed by atoms with E-state index in [1.807, 2.05) is 84.9 Å². The van der Waals surface area contributed by atoms with E-state index in [4.69, 9.17) is 20.5 Å². The molecule has 79 heavy (non-hydrogen) atoms. The summed E-state index contributed by atoms with van der Waals surface area (Å²) in [5, 5.41) is 11.1. The molecule has 2 aliphatic carbocycles. The van der Waals surface area contributed by atoms with Crippen LogP contribution in [0.5, 0.6) is 0 Å². The predicted molar refractivity (Wildman–Crippen MR) is 336 cm³/mol. The number of nitrogens with one attached hydrogen (secondary N) is 4. The maximum atomic E-state index is 13.4. The van der Waals surface area contributed by atoms with Crippen molar-refractivity contribution in [2.24, 2.45) is 0 Å². The van der Waals surface area contributed by atoms with Crippen molar-refractivity contribution in [3.8, 4) is 0 Å². The van der Waals surface area contributed by atoms with Crippen LogP contribution in [-0.4, -0.2) is 71.6 Å². The third kappa shape index (κ3) is 8.98. The van der Waals surface area contributed by atoms with Gasteiger partial charge in [-0.05, 0) is 60.5 Å². The first kappa shape index (κ1) is 55.9. The van der Waals surface area contributed by atoms with Gasteiger partial charge in [0, 0.05) is 79.0 Å². The molecule has 4 atom stereocenters. The van der Waals surface area contributed by atoms with Crippen LogP contribution in [0.15, 0.2) is 128 Å². The molecule has 0 saturated heterocycles. The van der Waals surface area contributed by atoms with Crippen LogP contribution in [0.3, 0.4) is 0 Å². The monoisotopic (exact) mass is 1150 g/mol. The fourth-order valence-corrected chi connectivity index (χ4v) is 14.6.